The van der Waals surface area contributed by atoms with E-state index in [2.05, 4.69) is 25.6 Å². The van der Waals surface area contributed by atoms with Gasteiger partial charge in [0.15, 0.2) is 12.4 Å². The number of nitrogens with zero attached hydrogens (tertiary/aromatic N) is 3. The van der Waals surface area contributed by atoms with E-state index in [0.29, 0.717) is 0 Å². The molecule has 0 radical (unpaired) electrons. The van der Waals surface area contributed by atoms with Crippen LogP contribution < -0.4 is 16.4 Å². The maximum Gasteiger partial charge on any atom is 0.307 e. The van der Waals surface area contributed by atoms with E-state index in [1.165, 1.54) is 11.8 Å². The number of anilines is 4. The van der Waals surface area contributed by atoms with E-state index in [1.807, 2.05) is 55.5 Å². The Morgan fingerprint density at radius 1 is 1.16 bits per heavy atom. The van der Waals surface area contributed by atoms with Gasteiger partial charge in [0.1, 0.15) is 0 Å². The Bertz CT molecular complexity index is 1140. The molecule has 1 aliphatic heterocycles. The Labute approximate surface area is 182 Å². The number of esters is 1. The fraction of sp³-hybridized carbons (Fsp3) is 0.190. The second-order valence-corrected chi connectivity index (χ2v) is 8.07. The van der Waals surface area contributed by atoms with Crippen molar-refractivity contribution >= 4 is 46.9 Å². The lowest BCUT2D eigenvalue weighted by molar-refractivity contribution is -0.146. The smallest absolute Gasteiger partial charge is 0.307 e. The highest BCUT2D eigenvalue weighted by molar-refractivity contribution is 8.01. The molecular weight excluding hydrogens is 416 g/mol. The molecule has 9 nitrogen and oxygen atoms in total. The highest BCUT2D eigenvalue weighted by Crippen LogP contribution is 2.36. The molecule has 0 aliphatic carbocycles. The number of nitrogens with one attached hydrogen (secondary N) is 2. The van der Waals surface area contributed by atoms with Gasteiger partial charge in [-0.3, -0.25) is 9.59 Å². The molecule has 4 N–H and O–H groups in total. The molecule has 158 valence electrons. The van der Waals surface area contributed by atoms with Crippen molar-refractivity contribution in [3.05, 3.63) is 59.9 Å². The molecule has 2 heterocycles. The van der Waals surface area contributed by atoms with Crippen LogP contribution in [0.3, 0.4) is 0 Å². The number of ether oxygens (including phenoxy) is 1. The predicted octanol–water partition coefficient (Wildman–Crippen LogP) is 3.05. The van der Waals surface area contributed by atoms with Crippen LogP contribution in [0.15, 0.2) is 53.4 Å². The van der Waals surface area contributed by atoms with Gasteiger partial charge in [-0.1, -0.05) is 30.3 Å². The second-order valence-electron chi connectivity index (χ2n) is 6.83. The quantitative estimate of drug-likeness (QED) is 0.499. The van der Waals surface area contributed by atoms with E-state index >= 15 is 0 Å². The molecule has 0 saturated heterocycles. The summed E-state index contributed by atoms with van der Waals surface area (Å²) in [5.74, 6) is -0.278. The number of hydrogen-bond acceptors (Lipinski definition) is 9. The first kappa shape index (κ1) is 20.6. The highest BCUT2D eigenvalue weighted by atomic mass is 32.2. The number of carbonyl (C=O) groups is 2. The molecule has 0 fully saturated rings. The second kappa shape index (κ2) is 9.00. The van der Waals surface area contributed by atoms with Gasteiger partial charge in [0.2, 0.25) is 17.8 Å². The minimum Gasteiger partial charge on any atom is -0.457 e. The summed E-state index contributed by atoms with van der Waals surface area (Å²) in [6.45, 7) is 1.77. The number of aromatic nitrogens is 3. The number of hydrogen-bond donors (Lipinski definition) is 3. The number of amides is 1. The van der Waals surface area contributed by atoms with Crippen molar-refractivity contribution in [2.24, 2.45) is 0 Å². The molecule has 31 heavy (non-hydrogen) atoms. The fourth-order valence-electron chi connectivity index (χ4n) is 2.97. The van der Waals surface area contributed by atoms with E-state index in [4.69, 9.17) is 10.5 Å². The van der Waals surface area contributed by atoms with Crippen LogP contribution in [0.4, 0.5) is 23.3 Å². The van der Waals surface area contributed by atoms with Gasteiger partial charge in [-0.25, -0.2) is 0 Å². The van der Waals surface area contributed by atoms with Crippen LogP contribution in [0.1, 0.15) is 17.8 Å². The highest BCUT2D eigenvalue weighted by Gasteiger charge is 2.29. The van der Waals surface area contributed by atoms with Gasteiger partial charge >= 0.3 is 5.97 Å². The largest absolute Gasteiger partial charge is 0.457 e. The SMILES string of the molecule is Cc1ccccc1Nc1nc(N)nc(COC(=O)C[C@H]2Sc3ccccc3NC2=O)n1. The van der Waals surface area contributed by atoms with Crippen molar-refractivity contribution in [1.29, 1.82) is 0 Å². The third-order valence-corrected chi connectivity index (χ3v) is 5.79. The first-order valence-corrected chi connectivity index (χ1v) is 10.4. The number of aryl methyl sites for hydroxylation is 1. The van der Waals surface area contributed by atoms with Crippen LogP contribution >= 0.6 is 11.8 Å². The number of benzene rings is 2. The number of thioether (sulfide) groups is 1. The van der Waals surface area contributed by atoms with Gasteiger partial charge in [-0.2, -0.15) is 15.0 Å². The van der Waals surface area contributed by atoms with Crippen LogP contribution in [-0.4, -0.2) is 32.1 Å². The summed E-state index contributed by atoms with van der Waals surface area (Å²) in [7, 11) is 0. The van der Waals surface area contributed by atoms with Gasteiger partial charge < -0.3 is 21.1 Å². The molecular formula is C21H20N6O3S. The number of rotatable bonds is 6. The van der Waals surface area contributed by atoms with E-state index in [9.17, 15) is 9.59 Å². The monoisotopic (exact) mass is 436 g/mol. The number of nitrogen functional groups attached to an aromatic ring is 1. The number of fused-ring (bicyclic) bond motifs is 1. The van der Waals surface area contributed by atoms with Crippen molar-refractivity contribution < 1.29 is 14.3 Å². The molecule has 4 rings (SSSR count). The Kier molecular flexibility index (Phi) is 5.99. The summed E-state index contributed by atoms with van der Waals surface area (Å²) in [6.07, 6.45) is -0.0697. The van der Waals surface area contributed by atoms with E-state index < -0.39 is 11.2 Å². The first-order valence-electron chi connectivity index (χ1n) is 9.53. The fourth-order valence-corrected chi connectivity index (χ4v) is 4.07. The molecule has 1 amide bonds. The summed E-state index contributed by atoms with van der Waals surface area (Å²) in [4.78, 5) is 37.8. The molecule has 0 spiro atoms. The van der Waals surface area contributed by atoms with Crippen molar-refractivity contribution in [3.8, 4) is 0 Å². The van der Waals surface area contributed by atoms with Crippen molar-refractivity contribution in [1.82, 2.24) is 15.0 Å². The topological polar surface area (TPSA) is 132 Å². The third kappa shape index (κ3) is 5.10. The zero-order valence-electron chi connectivity index (χ0n) is 16.7. The van der Waals surface area contributed by atoms with E-state index in [1.54, 1.807) is 0 Å². The Morgan fingerprint density at radius 3 is 2.77 bits per heavy atom. The van der Waals surface area contributed by atoms with E-state index in [0.717, 1.165) is 21.8 Å². The zero-order valence-corrected chi connectivity index (χ0v) is 17.5. The van der Waals surface area contributed by atoms with Crippen LogP contribution in [0, 0.1) is 6.92 Å². The lowest BCUT2D eigenvalue weighted by Crippen LogP contribution is -2.31. The third-order valence-electron chi connectivity index (χ3n) is 4.51. The molecule has 1 atom stereocenters. The average molecular weight is 436 g/mol. The summed E-state index contributed by atoms with van der Waals surface area (Å²) in [5, 5.41) is 5.32. The van der Waals surface area contributed by atoms with Crippen LogP contribution in [-0.2, 0) is 20.9 Å². The minimum absolute atomic E-state index is 0.0101. The Balaban J connectivity index is 1.37. The van der Waals surface area contributed by atoms with Gasteiger partial charge in [-0.05, 0) is 30.7 Å². The molecule has 1 aromatic heterocycles. The standard InChI is InChI=1S/C21H20N6O3S/c1-12-6-2-3-7-13(12)24-21-26-17(25-20(22)27-21)11-30-18(28)10-16-19(29)23-14-8-4-5-9-15(14)31-16/h2-9,16H,10-11H2,1H3,(H,23,29)(H3,22,24,25,26,27)/t16-/m1/s1. The molecule has 0 unspecified atom stereocenters. The molecule has 3 aromatic rings. The van der Waals surface area contributed by atoms with Crippen LogP contribution in [0.2, 0.25) is 0 Å². The summed E-state index contributed by atoms with van der Waals surface area (Å²) in [5.41, 5.74) is 8.36. The zero-order chi connectivity index (χ0) is 21.8. The average Bonchev–Trinajstić information content (AvgIpc) is 2.74. The minimum atomic E-state index is -0.566. The van der Waals surface area contributed by atoms with Crippen molar-refractivity contribution in [2.45, 2.75) is 30.1 Å². The van der Waals surface area contributed by atoms with E-state index in [-0.39, 0.29) is 36.7 Å². The van der Waals surface area contributed by atoms with Gasteiger partial charge in [0, 0.05) is 10.6 Å². The first-order chi connectivity index (χ1) is 15.0. The molecule has 2 aromatic carbocycles. The maximum absolute atomic E-state index is 12.3. The Morgan fingerprint density at radius 2 is 1.94 bits per heavy atom. The predicted molar refractivity (Wildman–Crippen MR) is 118 cm³/mol. The molecule has 0 saturated carbocycles. The summed E-state index contributed by atoms with van der Waals surface area (Å²) in [6, 6.07) is 15.1. The lowest BCUT2D eigenvalue weighted by atomic mass is 10.2. The number of nitrogens with two attached hydrogens (primary N) is 1. The van der Waals surface area contributed by atoms with Gasteiger partial charge in [-0.15, -0.1) is 11.8 Å². The molecule has 1 aliphatic rings. The van der Waals surface area contributed by atoms with Crippen molar-refractivity contribution in [2.75, 3.05) is 16.4 Å². The number of carbonyl (C=O) groups excluding carboxylic acids is 2. The lowest BCUT2D eigenvalue weighted by Gasteiger charge is -2.23. The Hall–Kier alpha value is -3.66. The number of para-hydroxylation sites is 2. The normalized spacial score (nSPS) is 15.0. The molecule has 0 bridgehead atoms. The maximum atomic E-state index is 12.3. The van der Waals surface area contributed by atoms with Gasteiger partial charge in [0.25, 0.3) is 0 Å². The summed E-state index contributed by atoms with van der Waals surface area (Å²) >= 11 is 1.34. The summed E-state index contributed by atoms with van der Waals surface area (Å²) < 4.78 is 5.28. The van der Waals surface area contributed by atoms with Crippen LogP contribution in [0.25, 0.3) is 0 Å². The van der Waals surface area contributed by atoms with Gasteiger partial charge in [0.05, 0.1) is 17.4 Å². The van der Waals surface area contributed by atoms with Crippen molar-refractivity contribution in [3.63, 3.8) is 0 Å². The molecule has 10 heteroatoms. The van der Waals surface area contributed by atoms with Crippen LogP contribution in [0.5, 0.6) is 0 Å².